The van der Waals surface area contributed by atoms with Gasteiger partial charge in [0.2, 0.25) is 5.91 Å². The van der Waals surface area contributed by atoms with E-state index in [9.17, 15) is 4.79 Å². The predicted octanol–water partition coefficient (Wildman–Crippen LogP) is 2.25. The first-order valence-electron chi connectivity index (χ1n) is 8.88. The number of nitrogens with zero attached hydrogens (tertiary/aromatic N) is 3. The summed E-state index contributed by atoms with van der Waals surface area (Å²) in [6.07, 6.45) is 0.522. The Balaban J connectivity index is 1.40. The zero-order valence-electron chi connectivity index (χ0n) is 14.9. The van der Waals surface area contributed by atoms with Crippen molar-refractivity contribution in [1.82, 2.24) is 25.1 Å². The molecule has 1 saturated heterocycles. The molecule has 1 fully saturated rings. The summed E-state index contributed by atoms with van der Waals surface area (Å²) in [4.78, 5) is 24.6. The largest absolute Gasteiger partial charge is 0.349 e. The maximum atomic E-state index is 12.1. The lowest BCUT2D eigenvalue weighted by Crippen LogP contribution is -2.49. The van der Waals surface area contributed by atoms with E-state index in [0.29, 0.717) is 24.0 Å². The van der Waals surface area contributed by atoms with Crippen molar-refractivity contribution in [3.63, 3.8) is 0 Å². The predicted molar refractivity (Wildman–Crippen MR) is 101 cm³/mol. The first-order valence-corrected chi connectivity index (χ1v) is 9.26. The van der Waals surface area contributed by atoms with E-state index in [0.717, 1.165) is 49.6 Å². The van der Waals surface area contributed by atoms with Crippen LogP contribution in [0.25, 0.3) is 11.0 Å². The quantitative estimate of drug-likeness (QED) is 0.826. The highest BCUT2D eigenvalue weighted by Gasteiger charge is 2.19. The third-order valence-electron chi connectivity index (χ3n) is 4.74. The molecule has 0 aliphatic carbocycles. The van der Waals surface area contributed by atoms with Gasteiger partial charge in [-0.1, -0.05) is 11.6 Å². The molecule has 0 unspecified atom stereocenters. The zero-order chi connectivity index (χ0) is 17.8. The summed E-state index contributed by atoms with van der Waals surface area (Å²) in [5.74, 6) is 0.806. The fraction of sp³-hybridized carbons (Fsp3) is 0.556. The zero-order valence-corrected chi connectivity index (χ0v) is 15.6. The number of hydrogen-bond acceptors (Lipinski definition) is 4. The Hall–Kier alpha value is -1.63. The molecule has 1 aliphatic heterocycles. The molecule has 0 atom stereocenters. The highest BCUT2D eigenvalue weighted by Crippen LogP contribution is 2.17. The van der Waals surface area contributed by atoms with Crippen molar-refractivity contribution in [3.8, 4) is 0 Å². The molecule has 25 heavy (non-hydrogen) atoms. The molecule has 0 radical (unpaired) electrons. The number of halogens is 1. The summed E-state index contributed by atoms with van der Waals surface area (Å²) in [7, 11) is 0. The van der Waals surface area contributed by atoms with Crippen LogP contribution < -0.4 is 5.32 Å². The van der Waals surface area contributed by atoms with Crippen LogP contribution in [0.2, 0.25) is 5.02 Å². The number of hydrogen-bond donors (Lipinski definition) is 2. The number of imidazole rings is 1. The lowest BCUT2D eigenvalue weighted by molar-refractivity contribution is -0.121. The van der Waals surface area contributed by atoms with Crippen LogP contribution in [0, 0.1) is 0 Å². The first-order chi connectivity index (χ1) is 12.0. The van der Waals surface area contributed by atoms with Gasteiger partial charge in [0.15, 0.2) is 0 Å². The van der Waals surface area contributed by atoms with Gasteiger partial charge in [0.1, 0.15) is 5.82 Å². The molecule has 1 amide bonds. The Kier molecular flexibility index (Phi) is 5.93. The average Bonchev–Trinajstić information content (AvgIpc) is 3.00. The van der Waals surface area contributed by atoms with E-state index in [-0.39, 0.29) is 5.91 Å². The number of aromatic nitrogens is 2. The molecule has 1 aromatic heterocycles. The van der Waals surface area contributed by atoms with Crippen LogP contribution in [0.1, 0.15) is 26.1 Å². The first kappa shape index (κ1) is 18.2. The SMILES string of the molecule is CC(C)N1CCN(CCC(=O)NCc2nc3ccc(Cl)cc3[nH]2)CC1. The number of benzene rings is 1. The third kappa shape index (κ3) is 4.93. The molecule has 0 bridgehead atoms. The number of rotatable bonds is 6. The highest BCUT2D eigenvalue weighted by molar-refractivity contribution is 6.31. The molecule has 0 spiro atoms. The summed E-state index contributed by atoms with van der Waals surface area (Å²) in [5.41, 5.74) is 1.75. The summed E-state index contributed by atoms with van der Waals surface area (Å²) in [5, 5.41) is 3.61. The van der Waals surface area contributed by atoms with Crippen LogP contribution in [-0.2, 0) is 11.3 Å². The van der Waals surface area contributed by atoms with Gasteiger partial charge in [-0.3, -0.25) is 9.69 Å². The summed E-state index contributed by atoms with van der Waals surface area (Å²) in [6.45, 7) is 9.93. The van der Waals surface area contributed by atoms with Crippen LogP contribution >= 0.6 is 11.6 Å². The molecule has 2 heterocycles. The molecule has 3 rings (SSSR count). The Morgan fingerprint density at radius 1 is 1.32 bits per heavy atom. The van der Waals surface area contributed by atoms with Crippen LogP contribution in [0.3, 0.4) is 0 Å². The normalized spacial score (nSPS) is 16.6. The Bertz CT molecular complexity index is 721. The van der Waals surface area contributed by atoms with Crippen molar-refractivity contribution in [2.75, 3.05) is 32.7 Å². The molecular weight excluding hydrogens is 338 g/mol. The summed E-state index contributed by atoms with van der Waals surface area (Å²) in [6, 6.07) is 6.12. The Morgan fingerprint density at radius 2 is 2.08 bits per heavy atom. The number of H-pyrrole nitrogens is 1. The summed E-state index contributed by atoms with van der Waals surface area (Å²) >= 11 is 5.97. The van der Waals surface area contributed by atoms with Gasteiger partial charge < -0.3 is 15.2 Å². The van der Waals surface area contributed by atoms with Gasteiger partial charge in [-0.25, -0.2) is 4.98 Å². The van der Waals surface area contributed by atoms with Crippen LogP contribution in [0.5, 0.6) is 0 Å². The van der Waals surface area contributed by atoms with E-state index in [1.807, 2.05) is 18.2 Å². The summed E-state index contributed by atoms with van der Waals surface area (Å²) < 4.78 is 0. The second kappa shape index (κ2) is 8.17. The van der Waals surface area contributed by atoms with Gasteiger partial charge in [0.25, 0.3) is 0 Å². The number of aromatic amines is 1. The molecule has 1 aromatic carbocycles. The molecule has 6 nitrogen and oxygen atoms in total. The van der Waals surface area contributed by atoms with Crippen molar-refractivity contribution in [3.05, 3.63) is 29.0 Å². The minimum Gasteiger partial charge on any atom is -0.349 e. The van der Waals surface area contributed by atoms with Crippen LogP contribution in [0.15, 0.2) is 18.2 Å². The van der Waals surface area contributed by atoms with Gasteiger partial charge in [0.05, 0.1) is 17.6 Å². The number of piperazine rings is 1. The second-order valence-electron chi connectivity index (χ2n) is 6.84. The van der Waals surface area contributed by atoms with Gasteiger partial charge in [0, 0.05) is 50.2 Å². The monoisotopic (exact) mass is 363 g/mol. The van der Waals surface area contributed by atoms with Gasteiger partial charge in [-0.05, 0) is 32.0 Å². The van der Waals surface area contributed by atoms with E-state index >= 15 is 0 Å². The molecule has 2 N–H and O–H groups in total. The Morgan fingerprint density at radius 3 is 2.80 bits per heavy atom. The third-order valence-corrected chi connectivity index (χ3v) is 4.97. The van der Waals surface area contributed by atoms with E-state index < -0.39 is 0 Å². The van der Waals surface area contributed by atoms with Crippen LogP contribution in [-0.4, -0.2) is 64.4 Å². The van der Waals surface area contributed by atoms with E-state index in [4.69, 9.17) is 11.6 Å². The van der Waals surface area contributed by atoms with Crippen molar-refractivity contribution >= 4 is 28.5 Å². The topological polar surface area (TPSA) is 64.3 Å². The number of carbonyl (C=O) groups excluding carboxylic acids is 1. The van der Waals surface area contributed by atoms with E-state index in [1.165, 1.54) is 0 Å². The van der Waals surface area contributed by atoms with Crippen molar-refractivity contribution in [2.24, 2.45) is 0 Å². The van der Waals surface area contributed by atoms with Crippen molar-refractivity contribution in [2.45, 2.75) is 32.9 Å². The average molecular weight is 364 g/mol. The van der Waals surface area contributed by atoms with Crippen molar-refractivity contribution in [1.29, 1.82) is 0 Å². The molecule has 7 heteroatoms. The standard InChI is InChI=1S/C18H26ClN5O/c1-13(2)24-9-7-23(8-10-24)6-5-18(25)20-12-17-21-15-4-3-14(19)11-16(15)22-17/h3-4,11,13H,5-10,12H2,1-2H3,(H,20,25)(H,21,22). The number of amides is 1. The van der Waals surface area contributed by atoms with Gasteiger partial charge in [-0.15, -0.1) is 0 Å². The maximum Gasteiger partial charge on any atom is 0.221 e. The van der Waals surface area contributed by atoms with Gasteiger partial charge in [-0.2, -0.15) is 0 Å². The molecule has 136 valence electrons. The number of nitrogens with one attached hydrogen (secondary N) is 2. The smallest absolute Gasteiger partial charge is 0.221 e. The number of fused-ring (bicyclic) bond motifs is 1. The highest BCUT2D eigenvalue weighted by atomic mass is 35.5. The van der Waals surface area contributed by atoms with Crippen LogP contribution in [0.4, 0.5) is 0 Å². The molecule has 2 aromatic rings. The van der Waals surface area contributed by atoms with Crippen molar-refractivity contribution < 1.29 is 4.79 Å². The Labute approximate surface area is 153 Å². The molecule has 1 aliphatic rings. The fourth-order valence-corrected chi connectivity index (χ4v) is 3.32. The van der Waals surface area contributed by atoms with E-state index in [2.05, 4.69) is 38.9 Å². The lowest BCUT2D eigenvalue weighted by atomic mass is 10.2. The minimum atomic E-state index is 0.0600. The molecule has 0 saturated carbocycles. The fourth-order valence-electron chi connectivity index (χ4n) is 3.15. The van der Waals surface area contributed by atoms with E-state index in [1.54, 1.807) is 0 Å². The minimum absolute atomic E-state index is 0.0600. The molecular formula is C18H26ClN5O. The maximum absolute atomic E-state index is 12.1. The second-order valence-corrected chi connectivity index (χ2v) is 7.28. The number of carbonyl (C=O) groups is 1. The van der Waals surface area contributed by atoms with Gasteiger partial charge >= 0.3 is 0 Å². The lowest BCUT2D eigenvalue weighted by Gasteiger charge is -2.36.